The Kier molecular flexibility index (Phi) is 6.80. The number of piperidine rings is 1. The van der Waals surface area contributed by atoms with Gasteiger partial charge < -0.3 is 14.6 Å². The Morgan fingerprint density at radius 2 is 1.88 bits per heavy atom. The highest BCUT2D eigenvalue weighted by atomic mass is 32.2. The van der Waals surface area contributed by atoms with Crippen molar-refractivity contribution in [2.45, 2.75) is 43.5 Å². The first-order valence-corrected chi connectivity index (χ1v) is 12.4. The van der Waals surface area contributed by atoms with Gasteiger partial charge in [0.2, 0.25) is 10.0 Å². The number of benzene rings is 2. The molecule has 174 valence electrons. The molecule has 0 aliphatic carbocycles. The van der Waals surface area contributed by atoms with E-state index in [0.717, 1.165) is 31.2 Å². The fourth-order valence-corrected chi connectivity index (χ4v) is 5.78. The molecule has 2 aromatic carbocycles. The zero-order valence-electron chi connectivity index (χ0n) is 18.7. The standard InChI is InChI=1S/C24H27N3O5S/c1-3-19-6-4-5-15-27(19)33(29,30)21-13-9-18(10-14-21)25-24(28)22-16-23(32-26-22)17-7-11-20(31-2)12-8-17/h7-14,16,19H,3-6,15H2,1-2H3,(H,25,28). The van der Waals surface area contributed by atoms with Gasteiger partial charge in [-0.3, -0.25) is 4.79 Å². The van der Waals surface area contributed by atoms with Crippen LogP contribution in [0.2, 0.25) is 0 Å². The topological polar surface area (TPSA) is 102 Å². The average Bonchev–Trinajstić information content (AvgIpc) is 3.35. The fraction of sp³-hybridized carbons (Fsp3) is 0.333. The van der Waals surface area contributed by atoms with Crippen LogP contribution in [0.5, 0.6) is 5.75 Å². The lowest BCUT2D eigenvalue weighted by Crippen LogP contribution is -2.43. The Balaban J connectivity index is 1.44. The number of nitrogens with zero attached hydrogens (tertiary/aromatic N) is 2. The molecule has 3 aromatic rings. The third kappa shape index (κ3) is 4.94. The molecule has 1 aromatic heterocycles. The summed E-state index contributed by atoms with van der Waals surface area (Å²) in [6.07, 6.45) is 3.61. The molecule has 33 heavy (non-hydrogen) atoms. The minimum Gasteiger partial charge on any atom is -0.497 e. The Morgan fingerprint density at radius 1 is 1.15 bits per heavy atom. The van der Waals surface area contributed by atoms with Crippen molar-refractivity contribution in [2.24, 2.45) is 0 Å². The molecule has 9 heteroatoms. The first-order valence-electron chi connectivity index (χ1n) is 11.0. The van der Waals surface area contributed by atoms with E-state index in [-0.39, 0.29) is 16.6 Å². The summed E-state index contributed by atoms with van der Waals surface area (Å²) in [6, 6.07) is 15.0. The van der Waals surface area contributed by atoms with Crippen molar-refractivity contribution in [1.82, 2.24) is 9.46 Å². The number of sulfonamides is 1. The van der Waals surface area contributed by atoms with E-state index in [1.807, 2.05) is 19.1 Å². The quantitative estimate of drug-likeness (QED) is 0.544. The van der Waals surface area contributed by atoms with E-state index in [4.69, 9.17) is 9.26 Å². The van der Waals surface area contributed by atoms with Gasteiger partial charge in [-0.15, -0.1) is 0 Å². The second kappa shape index (κ2) is 9.76. The van der Waals surface area contributed by atoms with E-state index in [2.05, 4.69) is 10.5 Å². The van der Waals surface area contributed by atoms with Crippen molar-refractivity contribution in [3.63, 3.8) is 0 Å². The van der Waals surface area contributed by atoms with Crippen molar-refractivity contribution < 1.29 is 22.5 Å². The zero-order chi connectivity index (χ0) is 23.4. The average molecular weight is 470 g/mol. The molecule has 0 bridgehead atoms. The number of aromatic nitrogens is 1. The van der Waals surface area contributed by atoms with Gasteiger partial charge in [0.15, 0.2) is 11.5 Å². The van der Waals surface area contributed by atoms with Crippen LogP contribution >= 0.6 is 0 Å². The first-order chi connectivity index (χ1) is 15.9. The number of carbonyl (C=O) groups is 1. The number of carbonyl (C=O) groups excluding carboxylic acids is 1. The Hall–Kier alpha value is -3.17. The molecule has 2 heterocycles. The molecule has 1 atom stereocenters. The molecule has 0 radical (unpaired) electrons. The highest BCUT2D eigenvalue weighted by Gasteiger charge is 2.32. The van der Waals surface area contributed by atoms with Crippen LogP contribution in [0.1, 0.15) is 43.1 Å². The minimum atomic E-state index is -3.57. The Morgan fingerprint density at radius 3 is 2.55 bits per heavy atom. The van der Waals surface area contributed by atoms with Crippen LogP contribution in [0.25, 0.3) is 11.3 Å². The van der Waals surface area contributed by atoms with Crippen LogP contribution in [0.4, 0.5) is 5.69 Å². The van der Waals surface area contributed by atoms with Gasteiger partial charge in [0.05, 0.1) is 12.0 Å². The maximum absolute atomic E-state index is 13.1. The van der Waals surface area contributed by atoms with Crippen LogP contribution < -0.4 is 10.1 Å². The number of rotatable bonds is 7. The molecular weight excluding hydrogens is 442 g/mol. The summed E-state index contributed by atoms with van der Waals surface area (Å²) in [4.78, 5) is 12.8. The highest BCUT2D eigenvalue weighted by Crippen LogP contribution is 2.28. The molecule has 1 aliphatic heterocycles. The summed E-state index contributed by atoms with van der Waals surface area (Å²) in [5.41, 5.74) is 1.36. The lowest BCUT2D eigenvalue weighted by atomic mass is 10.0. The van der Waals surface area contributed by atoms with E-state index >= 15 is 0 Å². The largest absolute Gasteiger partial charge is 0.497 e. The van der Waals surface area contributed by atoms with E-state index in [9.17, 15) is 13.2 Å². The number of amides is 1. The van der Waals surface area contributed by atoms with Gasteiger partial charge in [-0.25, -0.2) is 8.42 Å². The number of ether oxygens (including phenoxy) is 1. The first kappa shape index (κ1) is 23.0. The molecule has 4 rings (SSSR count). The maximum Gasteiger partial charge on any atom is 0.277 e. The van der Waals surface area contributed by atoms with Crippen molar-refractivity contribution >= 4 is 21.6 Å². The van der Waals surface area contributed by atoms with Gasteiger partial charge >= 0.3 is 0 Å². The smallest absolute Gasteiger partial charge is 0.277 e. The van der Waals surface area contributed by atoms with Gasteiger partial charge in [0, 0.05) is 29.9 Å². The maximum atomic E-state index is 13.1. The molecule has 8 nitrogen and oxygen atoms in total. The van der Waals surface area contributed by atoms with Crippen molar-refractivity contribution in [3.8, 4) is 17.1 Å². The molecule has 1 unspecified atom stereocenters. The van der Waals surface area contributed by atoms with Gasteiger partial charge in [-0.2, -0.15) is 4.31 Å². The van der Waals surface area contributed by atoms with Crippen molar-refractivity contribution in [2.75, 3.05) is 19.0 Å². The Labute approximate surface area is 193 Å². The van der Waals surface area contributed by atoms with Gasteiger partial charge in [0.1, 0.15) is 5.75 Å². The Bertz CT molecular complexity index is 1200. The van der Waals surface area contributed by atoms with Crippen molar-refractivity contribution in [1.29, 1.82) is 0 Å². The molecule has 0 spiro atoms. The van der Waals surface area contributed by atoms with Gasteiger partial charge in [-0.05, 0) is 67.8 Å². The van der Waals surface area contributed by atoms with E-state index in [0.29, 0.717) is 23.7 Å². The number of hydrogen-bond acceptors (Lipinski definition) is 6. The molecule has 0 saturated carbocycles. The lowest BCUT2D eigenvalue weighted by Gasteiger charge is -2.34. The molecule has 1 saturated heterocycles. The molecular formula is C24H27N3O5S. The van der Waals surface area contributed by atoms with Gasteiger partial charge in [0.25, 0.3) is 5.91 Å². The highest BCUT2D eigenvalue weighted by molar-refractivity contribution is 7.89. The molecule has 1 N–H and O–H groups in total. The monoisotopic (exact) mass is 469 g/mol. The summed E-state index contributed by atoms with van der Waals surface area (Å²) in [7, 11) is -1.98. The zero-order valence-corrected chi connectivity index (χ0v) is 19.5. The summed E-state index contributed by atoms with van der Waals surface area (Å²) in [6.45, 7) is 2.56. The molecule has 1 amide bonds. The third-order valence-electron chi connectivity index (χ3n) is 5.88. The summed E-state index contributed by atoms with van der Waals surface area (Å²) in [5, 5.41) is 6.58. The third-order valence-corrected chi connectivity index (χ3v) is 7.85. The van der Waals surface area contributed by atoms with Crippen LogP contribution in [-0.4, -0.2) is 43.5 Å². The molecule has 1 fully saturated rings. The van der Waals surface area contributed by atoms with E-state index in [1.165, 1.54) is 12.1 Å². The predicted octanol–water partition coefficient (Wildman–Crippen LogP) is 4.56. The second-order valence-corrected chi connectivity index (χ2v) is 9.85. The predicted molar refractivity (Wildman–Crippen MR) is 125 cm³/mol. The van der Waals surface area contributed by atoms with E-state index < -0.39 is 15.9 Å². The number of hydrogen-bond donors (Lipinski definition) is 1. The molecule has 1 aliphatic rings. The normalized spacial score (nSPS) is 17.0. The van der Waals surface area contributed by atoms with Crippen LogP contribution in [0, 0.1) is 0 Å². The summed E-state index contributed by atoms with van der Waals surface area (Å²) in [5.74, 6) is 0.722. The number of nitrogens with one attached hydrogen (secondary N) is 1. The number of methoxy groups -OCH3 is 1. The van der Waals surface area contributed by atoms with Crippen LogP contribution in [-0.2, 0) is 10.0 Å². The van der Waals surface area contributed by atoms with Gasteiger partial charge in [-0.1, -0.05) is 18.5 Å². The lowest BCUT2D eigenvalue weighted by molar-refractivity contribution is 0.101. The summed E-state index contributed by atoms with van der Waals surface area (Å²) < 4.78 is 38.2. The number of anilines is 1. The minimum absolute atomic E-state index is 0.0372. The second-order valence-electron chi connectivity index (χ2n) is 7.96. The van der Waals surface area contributed by atoms with Crippen LogP contribution in [0.3, 0.4) is 0 Å². The SMILES string of the molecule is CCC1CCCCN1S(=O)(=O)c1ccc(NC(=O)c2cc(-c3ccc(OC)cc3)on2)cc1. The fourth-order valence-electron chi connectivity index (χ4n) is 4.01. The van der Waals surface area contributed by atoms with E-state index in [1.54, 1.807) is 41.7 Å². The summed E-state index contributed by atoms with van der Waals surface area (Å²) >= 11 is 0. The van der Waals surface area contributed by atoms with Crippen LogP contribution in [0.15, 0.2) is 64.0 Å². The van der Waals surface area contributed by atoms with Crippen molar-refractivity contribution in [3.05, 3.63) is 60.3 Å².